The number of pyridine rings is 1. The maximum atomic E-state index is 5.82. The summed E-state index contributed by atoms with van der Waals surface area (Å²) in [4.78, 5) is 4.04. The van der Waals surface area contributed by atoms with Crippen molar-refractivity contribution in [3.05, 3.63) is 59.4 Å². The second kappa shape index (κ2) is 5.52. The molecule has 0 saturated heterocycles. The lowest BCUT2D eigenvalue weighted by Crippen LogP contribution is -2.04. The highest BCUT2D eigenvalue weighted by Crippen LogP contribution is 2.10. The number of hydrogen-bond donors (Lipinski definition) is 1. The van der Waals surface area contributed by atoms with Crippen LogP contribution in [0.25, 0.3) is 0 Å². The Labute approximate surface area is 100 Å². The summed E-state index contributed by atoms with van der Waals surface area (Å²) in [6.07, 6.45) is 4.57. The van der Waals surface area contributed by atoms with E-state index in [1.807, 2.05) is 42.6 Å². The van der Waals surface area contributed by atoms with E-state index < -0.39 is 0 Å². The van der Waals surface area contributed by atoms with Crippen LogP contribution < -0.4 is 5.32 Å². The van der Waals surface area contributed by atoms with Crippen molar-refractivity contribution in [3.8, 4) is 0 Å². The number of nitrogens with one attached hydrogen (secondary N) is 1. The second-order valence-corrected chi connectivity index (χ2v) is 3.98. The molecule has 2 aromatic rings. The topological polar surface area (TPSA) is 24.9 Å². The van der Waals surface area contributed by atoms with Crippen molar-refractivity contribution in [3.63, 3.8) is 0 Å². The first kappa shape index (κ1) is 11.0. The fraction of sp³-hybridized carbons (Fsp3) is 0.154. The molecule has 82 valence electrons. The number of nitrogens with zero attached hydrogens (tertiary/aromatic N) is 1. The SMILES string of the molecule is Clc1ccc(CCNc2cccnc2)cc1. The van der Waals surface area contributed by atoms with Gasteiger partial charge in [-0.2, -0.15) is 0 Å². The third-order valence-electron chi connectivity index (χ3n) is 2.32. The Hall–Kier alpha value is -1.54. The van der Waals surface area contributed by atoms with Gasteiger partial charge in [-0.15, -0.1) is 0 Å². The summed E-state index contributed by atoms with van der Waals surface area (Å²) in [7, 11) is 0. The minimum absolute atomic E-state index is 0.781. The van der Waals surface area contributed by atoms with E-state index in [0.29, 0.717) is 0 Å². The number of hydrogen-bond acceptors (Lipinski definition) is 2. The van der Waals surface area contributed by atoms with Crippen LogP contribution in [0.5, 0.6) is 0 Å². The Bertz CT molecular complexity index is 425. The minimum atomic E-state index is 0.781. The summed E-state index contributed by atoms with van der Waals surface area (Å²) in [5.41, 5.74) is 2.33. The lowest BCUT2D eigenvalue weighted by molar-refractivity contribution is 1.02. The molecule has 0 saturated carbocycles. The van der Waals surface area contributed by atoms with Gasteiger partial charge in [0, 0.05) is 24.0 Å². The van der Waals surface area contributed by atoms with E-state index in [4.69, 9.17) is 11.6 Å². The van der Waals surface area contributed by atoms with Gasteiger partial charge in [0.1, 0.15) is 0 Å². The van der Waals surface area contributed by atoms with Crippen molar-refractivity contribution in [1.82, 2.24) is 4.98 Å². The Morgan fingerprint density at radius 1 is 1.12 bits per heavy atom. The molecule has 0 fully saturated rings. The normalized spacial score (nSPS) is 10.1. The molecule has 16 heavy (non-hydrogen) atoms. The molecule has 0 aliphatic heterocycles. The quantitative estimate of drug-likeness (QED) is 0.874. The van der Waals surface area contributed by atoms with Crippen molar-refractivity contribution >= 4 is 17.3 Å². The van der Waals surface area contributed by atoms with Crippen LogP contribution in [0.3, 0.4) is 0 Å². The van der Waals surface area contributed by atoms with Gasteiger partial charge in [0.05, 0.1) is 5.69 Å². The van der Waals surface area contributed by atoms with Gasteiger partial charge >= 0.3 is 0 Å². The van der Waals surface area contributed by atoms with Gasteiger partial charge in [0.15, 0.2) is 0 Å². The molecule has 0 atom stereocenters. The fourth-order valence-corrected chi connectivity index (χ4v) is 1.60. The number of benzene rings is 1. The monoisotopic (exact) mass is 232 g/mol. The van der Waals surface area contributed by atoms with E-state index >= 15 is 0 Å². The zero-order valence-corrected chi connectivity index (χ0v) is 9.61. The third kappa shape index (κ3) is 3.24. The van der Waals surface area contributed by atoms with Crippen molar-refractivity contribution < 1.29 is 0 Å². The minimum Gasteiger partial charge on any atom is -0.383 e. The Morgan fingerprint density at radius 2 is 1.94 bits per heavy atom. The van der Waals surface area contributed by atoms with Crippen molar-refractivity contribution in [2.45, 2.75) is 6.42 Å². The van der Waals surface area contributed by atoms with Gasteiger partial charge in [0.2, 0.25) is 0 Å². The van der Waals surface area contributed by atoms with Gasteiger partial charge in [-0.05, 0) is 36.2 Å². The lowest BCUT2D eigenvalue weighted by Gasteiger charge is -2.05. The first-order valence-corrected chi connectivity index (χ1v) is 5.61. The van der Waals surface area contributed by atoms with Crippen LogP contribution in [-0.2, 0) is 6.42 Å². The van der Waals surface area contributed by atoms with E-state index in [0.717, 1.165) is 23.7 Å². The fourth-order valence-electron chi connectivity index (χ4n) is 1.47. The molecule has 0 spiro atoms. The Kier molecular flexibility index (Phi) is 3.78. The maximum Gasteiger partial charge on any atom is 0.0526 e. The Morgan fingerprint density at radius 3 is 2.62 bits per heavy atom. The van der Waals surface area contributed by atoms with Crippen LogP contribution >= 0.6 is 11.6 Å². The molecule has 0 aliphatic carbocycles. The molecule has 0 unspecified atom stereocenters. The smallest absolute Gasteiger partial charge is 0.0526 e. The van der Waals surface area contributed by atoms with Crippen molar-refractivity contribution in [2.24, 2.45) is 0 Å². The molecule has 0 radical (unpaired) electrons. The predicted molar refractivity (Wildman–Crippen MR) is 67.9 cm³/mol. The standard InChI is InChI=1S/C13H13ClN2/c14-12-5-3-11(4-6-12)7-9-16-13-2-1-8-15-10-13/h1-6,8,10,16H,7,9H2. The zero-order chi connectivity index (χ0) is 11.2. The summed E-state index contributed by atoms with van der Waals surface area (Å²) < 4.78 is 0. The molecule has 0 bridgehead atoms. The third-order valence-corrected chi connectivity index (χ3v) is 2.57. The summed E-state index contributed by atoms with van der Waals surface area (Å²) >= 11 is 5.82. The molecule has 1 heterocycles. The first-order chi connectivity index (χ1) is 7.84. The van der Waals surface area contributed by atoms with Crippen LogP contribution in [0.4, 0.5) is 5.69 Å². The van der Waals surface area contributed by atoms with Crippen LogP contribution in [0, 0.1) is 0 Å². The van der Waals surface area contributed by atoms with E-state index in [-0.39, 0.29) is 0 Å². The van der Waals surface area contributed by atoms with Crippen LogP contribution in [0.15, 0.2) is 48.8 Å². The molecule has 0 aliphatic rings. The highest BCUT2D eigenvalue weighted by molar-refractivity contribution is 6.30. The molecule has 1 aromatic heterocycles. The summed E-state index contributed by atoms with van der Waals surface area (Å²) in [5.74, 6) is 0. The summed E-state index contributed by atoms with van der Waals surface area (Å²) in [6.45, 7) is 0.896. The van der Waals surface area contributed by atoms with Gasteiger partial charge in [-0.3, -0.25) is 4.98 Å². The number of aromatic nitrogens is 1. The maximum absolute atomic E-state index is 5.82. The van der Waals surface area contributed by atoms with Crippen LogP contribution in [0.1, 0.15) is 5.56 Å². The van der Waals surface area contributed by atoms with Gasteiger partial charge < -0.3 is 5.32 Å². The summed E-state index contributed by atoms with van der Waals surface area (Å²) in [6, 6.07) is 11.9. The van der Waals surface area contributed by atoms with Crippen molar-refractivity contribution in [2.75, 3.05) is 11.9 Å². The first-order valence-electron chi connectivity index (χ1n) is 5.23. The van der Waals surface area contributed by atoms with E-state index in [1.54, 1.807) is 6.20 Å². The highest BCUT2D eigenvalue weighted by Gasteiger charge is 1.94. The van der Waals surface area contributed by atoms with Crippen LogP contribution in [-0.4, -0.2) is 11.5 Å². The average Bonchev–Trinajstić information content (AvgIpc) is 2.33. The molecule has 3 heteroatoms. The molecular weight excluding hydrogens is 220 g/mol. The molecule has 1 N–H and O–H groups in total. The highest BCUT2D eigenvalue weighted by atomic mass is 35.5. The molecule has 2 rings (SSSR count). The largest absolute Gasteiger partial charge is 0.383 e. The van der Waals surface area contributed by atoms with E-state index in [9.17, 15) is 0 Å². The number of rotatable bonds is 4. The molecular formula is C13H13ClN2. The zero-order valence-electron chi connectivity index (χ0n) is 8.86. The van der Waals surface area contributed by atoms with Gasteiger partial charge in [0.25, 0.3) is 0 Å². The van der Waals surface area contributed by atoms with Gasteiger partial charge in [-0.1, -0.05) is 23.7 Å². The lowest BCUT2D eigenvalue weighted by atomic mass is 10.1. The predicted octanol–water partition coefficient (Wildman–Crippen LogP) is 3.39. The molecule has 1 aromatic carbocycles. The number of halogens is 1. The molecule has 0 amide bonds. The van der Waals surface area contributed by atoms with E-state index in [1.165, 1.54) is 5.56 Å². The van der Waals surface area contributed by atoms with Crippen molar-refractivity contribution in [1.29, 1.82) is 0 Å². The second-order valence-electron chi connectivity index (χ2n) is 3.54. The molecule has 2 nitrogen and oxygen atoms in total. The average molecular weight is 233 g/mol. The van der Waals surface area contributed by atoms with E-state index in [2.05, 4.69) is 10.3 Å². The van der Waals surface area contributed by atoms with Crippen LogP contribution in [0.2, 0.25) is 5.02 Å². The van der Waals surface area contributed by atoms with Gasteiger partial charge in [-0.25, -0.2) is 0 Å². The summed E-state index contributed by atoms with van der Waals surface area (Å²) in [5, 5.41) is 4.09. The Balaban J connectivity index is 1.82. The number of anilines is 1.